The number of rotatable bonds is 11. The molecule has 0 saturated heterocycles. The number of Topliss-reactive ketones (excluding diaryl/α,β-unsaturated/α-hetero) is 1. The lowest BCUT2D eigenvalue weighted by Crippen LogP contribution is -2.20. The van der Waals surface area contributed by atoms with Gasteiger partial charge in [-0.25, -0.2) is 0 Å². The van der Waals surface area contributed by atoms with Gasteiger partial charge in [-0.2, -0.15) is 13.2 Å². The van der Waals surface area contributed by atoms with Crippen LogP contribution in [0.3, 0.4) is 0 Å². The summed E-state index contributed by atoms with van der Waals surface area (Å²) >= 11 is 0. The molecule has 2 rings (SSSR count). The number of aliphatic hydroxyl groups excluding tert-OH is 2. The number of alkyl halides is 3. The molecule has 4 unspecified atom stereocenters. The number of carboxylic acids is 1. The van der Waals surface area contributed by atoms with Gasteiger partial charge in [-0.05, 0) is 37.5 Å². The van der Waals surface area contributed by atoms with Crippen LogP contribution >= 0.6 is 0 Å². The fourth-order valence-electron chi connectivity index (χ4n) is 3.52. The number of benzene rings is 1. The summed E-state index contributed by atoms with van der Waals surface area (Å²) in [6.45, 7) is -0.296. The van der Waals surface area contributed by atoms with Gasteiger partial charge in [0.05, 0.1) is 11.7 Å². The Bertz CT molecular complexity index is 833. The third-order valence-corrected chi connectivity index (χ3v) is 5.20. The lowest BCUT2D eigenvalue weighted by atomic mass is 9.90. The molecule has 176 valence electrons. The summed E-state index contributed by atoms with van der Waals surface area (Å²) in [4.78, 5) is 22.7. The van der Waals surface area contributed by atoms with Crippen LogP contribution in [-0.4, -0.2) is 45.9 Å². The Morgan fingerprint density at radius 2 is 2.03 bits per heavy atom. The summed E-state index contributed by atoms with van der Waals surface area (Å²) in [7, 11) is 0. The van der Waals surface area contributed by atoms with Crippen molar-refractivity contribution in [3.05, 3.63) is 54.1 Å². The van der Waals surface area contributed by atoms with E-state index in [-0.39, 0.29) is 36.9 Å². The minimum atomic E-state index is -4.50. The first-order valence-electron chi connectivity index (χ1n) is 10.3. The molecule has 0 aromatic heterocycles. The van der Waals surface area contributed by atoms with Crippen LogP contribution in [0.5, 0.6) is 5.75 Å². The molecule has 0 aliphatic heterocycles. The molecule has 0 heterocycles. The first-order chi connectivity index (χ1) is 15.1. The highest BCUT2D eigenvalue weighted by Gasteiger charge is 2.39. The number of halogens is 3. The van der Waals surface area contributed by atoms with E-state index in [1.54, 1.807) is 0 Å². The average Bonchev–Trinajstić information content (AvgIpc) is 2.99. The molecule has 1 saturated carbocycles. The number of carboxylic acid groups (broad SMARTS) is 1. The zero-order chi connectivity index (χ0) is 23.7. The second kappa shape index (κ2) is 11.8. The minimum Gasteiger partial charge on any atom is -0.491 e. The van der Waals surface area contributed by atoms with Gasteiger partial charge in [-0.1, -0.05) is 30.4 Å². The van der Waals surface area contributed by atoms with Crippen molar-refractivity contribution in [2.24, 2.45) is 11.8 Å². The number of hydrogen-bond donors (Lipinski definition) is 3. The molecular weight excluding hydrogens is 429 g/mol. The zero-order valence-corrected chi connectivity index (χ0v) is 17.4. The molecule has 3 N–H and O–H groups in total. The van der Waals surface area contributed by atoms with E-state index in [2.05, 4.69) is 0 Å². The van der Waals surface area contributed by atoms with Crippen LogP contribution in [0.25, 0.3) is 0 Å². The van der Waals surface area contributed by atoms with Crippen LogP contribution in [0.4, 0.5) is 13.2 Å². The summed E-state index contributed by atoms with van der Waals surface area (Å²) in [5, 5.41) is 28.9. The van der Waals surface area contributed by atoms with E-state index >= 15 is 0 Å². The molecule has 1 aliphatic carbocycles. The Kier molecular flexibility index (Phi) is 9.46. The van der Waals surface area contributed by atoms with E-state index in [1.807, 2.05) is 12.2 Å². The van der Waals surface area contributed by atoms with Crippen molar-refractivity contribution in [3.8, 4) is 5.75 Å². The van der Waals surface area contributed by atoms with Crippen LogP contribution < -0.4 is 4.74 Å². The van der Waals surface area contributed by atoms with Gasteiger partial charge in [0.2, 0.25) is 0 Å². The number of hydrogen-bond acceptors (Lipinski definition) is 5. The van der Waals surface area contributed by atoms with Gasteiger partial charge in [0, 0.05) is 24.7 Å². The van der Waals surface area contributed by atoms with E-state index in [9.17, 15) is 33.0 Å². The Morgan fingerprint density at radius 1 is 1.28 bits per heavy atom. The van der Waals surface area contributed by atoms with E-state index in [0.29, 0.717) is 19.3 Å². The van der Waals surface area contributed by atoms with Crippen molar-refractivity contribution in [2.45, 2.75) is 50.5 Å². The third kappa shape index (κ3) is 8.12. The van der Waals surface area contributed by atoms with Crippen LogP contribution in [0.1, 0.15) is 37.7 Å². The molecule has 1 aliphatic rings. The SMILES string of the molecule is O=C(O)CCC/C=C/CC1C(O)CC(=O)C1/C=C/C(O)COc1cccc(C(F)(F)F)c1. The van der Waals surface area contributed by atoms with Crippen molar-refractivity contribution in [2.75, 3.05) is 6.61 Å². The third-order valence-electron chi connectivity index (χ3n) is 5.20. The summed E-state index contributed by atoms with van der Waals surface area (Å²) in [6, 6.07) is 4.31. The van der Waals surface area contributed by atoms with Gasteiger partial charge in [-0.15, -0.1) is 0 Å². The van der Waals surface area contributed by atoms with Crippen molar-refractivity contribution >= 4 is 11.8 Å². The molecule has 1 fully saturated rings. The second-order valence-corrected chi connectivity index (χ2v) is 7.71. The standard InChI is InChI=1S/C23H27F3O6/c24-23(25,26)15-6-5-7-17(12-15)32-14-16(27)10-11-19-18(20(28)13-21(19)29)8-3-1-2-4-9-22(30)31/h1,3,5-7,10-12,16,18-20,27-28H,2,4,8-9,13-14H2,(H,30,31)/b3-1+,11-10+. The Labute approximate surface area is 184 Å². The monoisotopic (exact) mass is 456 g/mol. The average molecular weight is 456 g/mol. The van der Waals surface area contributed by atoms with Crippen LogP contribution in [0.15, 0.2) is 48.6 Å². The second-order valence-electron chi connectivity index (χ2n) is 7.71. The Morgan fingerprint density at radius 3 is 2.72 bits per heavy atom. The highest BCUT2D eigenvalue weighted by Crippen LogP contribution is 2.34. The summed E-state index contributed by atoms with van der Waals surface area (Å²) in [6.07, 6.45) is 1.58. The van der Waals surface area contributed by atoms with E-state index in [0.717, 1.165) is 12.1 Å². The highest BCUT2D eigenvalue weighted by atomic mass is 19.4. The maximum absolute atomic E-state index is 12.7. The van der Waals surface area contributed by atoms with Gasteiger partial charge in [0.25, 0.3) is 0 Å². The predicted octanol–water partition coefficient (Wildman–Crippen LogP) is 3.77. The molecule has 1 aromatic carbocycles. The van der Waals surface area contributed by atoms with Gasteiger partial charge in [-0.3, -0.25) is 9.59 Å². The summed E-state index contributed by atoms with van der Waals surface area (Å²) in [5.74, 6) is -2.03. The van der Waals surface area contributed by atoms with Crippen molar-refractivity contribution < 1.29 is 42.8 Å². The number of carbonyl (C=O) groups is 2. The fraction of sp³-hybridized carbons (Fsp3) is 0.478. The van der Waals surface area contributed by atoms with Gasteiger partial charge < -0.3 is 20.1 Å². The van der Waals surface area contributed by atoms with Crippen LogP contribution in [0, 0.1) is 11.8 Å². The lowest BCUT2D eigenvalue weighted by molar-refractivity contribution is -0.138. The number of ketones is 1. The number of aliphatic carboxylic acids is 1. The zero-order valence-electron chi connectivity index (χ0n) is 17.4. The Balaban J connectivity index is 1.88. The summed E-state index contributed by atoms with van der Waals surface area (Å²) < 4.78 is 43.5. The molecule has 0 amide bonds. The van der Waals surface area contributed by atoms with Gasteiger partial charge in [0.15, 0.2) is 0 Å². The van der Waals surface area contributed by atoms with Crippen molar-refractivity contribution in [3.63, 3.8) is 0 Å². The molecule has 0 radical (unpaired) electrons. The maximum atomic E-state index is 12.7. The largest absolute Gasteiger partial charge is 0.491 e. The van der Waals surface area contributed by atoms with Crippen LogP contribution in [0.2, 0.25) is 0 Å². The van der Waals surface area contributed by atoms with E-state index in [1.165, 1.54) is 24.3 Å². The minimum absolute atomic E-state index is 0.00333. The normalized spacial score (nSPS) is 22.7. The van der Waals surface area contributed by atoms with Gasteiger partial charge in [0.1, 0.15) is 24.2 Å². The first kappa shape index (κ1) is 25.6. The van der Waals surface area contributed by atoms with Gasteiger partial charge >= 0.3 is 12.1 Å². The lowest BCUT2D eigenvalue weighted by Gasteiger charge is -2.17. The number of ether oxygens (including phenoxy) is 1. The van der Waals surface area contributed by atoms with Crippen molar-refractivity contribution in [1.82, 2.24) is 0 Å². The fourth-order valence-corrected chi connectivity index (χ4v) is 3.52. The Hall–Kier alpha value is -2.65. The highest BCUT2D eigenvalue weighted by molar-refractivity contribution is 5.86. The number of carbonyl (C=O) groups excluding carboxylic acids is 1. The number of allylic oxidation sites excluding steroid dienone is 3. The van der Waals surface area contributed by atoms with Crippen LogP contribution in [-0.2, 0) is 15.8 Å². The van der Waals surface area contributed by atoms with Crippen molar-refractivity contribution in [1.29, 1.82) is 0 Å². The topological polar surface area (TPSA) is 104 Å². The number of aliphatic hydroxyl groups is 2. The molecule has 32 heavy (non-hydrogen) atoms. The molecule has 0 spiro atoms. The molecule has 6 nitrogen and oxygen atoms in total. The van der Waals surface area contributed by atoms with E-state index in [4.69, 9.17) is 9.84 Å². The predicted molar refractivity (Wildman–Crippen MR) is 110 cm³/mol. The number of unbranched alkanes of at least 4 members (excludes halogenated alkanes) is 1. The first-order valence-corrected chi connectivity index (χ1v) is 10.3. The molecule has 1 aromatic rings. The summed E-state index contributed by atoms with van der Waals surface area (Å²) in [5.41, 5.74) is -0.857. The quantitative estimate of drug-likeness (QED) is 0.346. The smallest absolute Gasteiger partial charge is 0.416 e. The molecular formula is C23H27F3O6. The maximum Gasteiger partial charge on any atom is 0.416 e. The molecule has 4 atom stereocenters. The molecule has 0 bridgehead atoms. The van der Waals surface area contributed by atoms with E-state index < -0.39 is 35.8 Å². The molecule has 9 heteroatoms.